The van der Waals surface area contributed by atoms with Crippen molar-refractivity contribution < 1.29 is 22.7 Å². The van der Waals surface area contributed by atoms with Gasteiger partial charge in [0.2, 0.25) is 5.78 Å². The number of aryl methyl sites for hydroxylation is 1. The summed E-state index contributed by atoms with van der Waals surface area (Å²) in [7, 11) is -3.69. The second-order valence-corrected chi connectivity index (χ2v) is 9.05. The van der Waals surface area contributed by atoms with Gasteiger partial charge < -0.3 is 4.74 Å². The molecule has 1 aliphatic heterocycles. The average Bonchev–Trinajstić information content (AvgIpc) is 2.97. The highest BCUT2D eigenvalue weighted by atomic mass is 32.2. The minimum atomic E-state index is -3.69. The number of hydrogen-bond donors (Lipinski definition) is 1. The third-order valence-electron chi connectivity index (χ3n) is 5.45. The van der Waals surface area contributed by atoms with E-state index in [9.17, 15) is 18.0 Å². The fourth-order valence-corrected chi connectivity index (χ4v) is 4.55. The van der Waals surface area contributed by atoms with E-state index in [1.54, 1.807) is 18.2 Å². The third kappa shape index (κ3) is 4.00. The number of fused-ring (bicyclic) bond motifs is 1. The SMILES string of the molecule is Cc1cc(C(=O)COC(=O)[C@@H](C)N=C2NS(=O)(=O)c3ccccc32)c(C)c(C)c1C. The molecule has 0 aromatic heterocycles. The van der Waals surface area contributed by atoms with E-state index >= 15 is 0 Å². The first-order valence-electron chi connectivity index (χ1n) is 9.50. The molecule has 30 heavy (non-hydrogen) atoms. The first-order valence-corrected chi connectivity index (χ1v) is 11.0. The molecule has 1 aliphatic rings. The van der Waals surface area contributed by atoms with Crippen molar-refractivity contribution in [3.8, 4) is 0 Å². The molecule has 0 unspecified atom stereocenters. The second-order valence-electron chi connectivity index (χ2n) is 7.40. The molecule has 158 valence electrons. The number of rotatable bonds is 5. The molecule has 1 heterocycles. The Balaban J connectivity index is 1.72. The number of nitrogens with zero attached hydrogens (tertiary/aromatic N) is 1. The predicted molar refractivity (Wildman–Crippen MR) is 113 cm³/mol. The van der Waals surface area contributed by atoms with Gasteiger partial charge >= 0.3 is 5.97 Å². The Labute approximate surface area is 176 Å². The van der Waals surface area contributed by atoms with Crippen molar-refractivity contribution in [2.24, 2.45) is 4.99 Å². The van der Waals surface area contributed by atoms with Gasteiger partial charge in [-0.15, -0.1) is 0 Å². The summed E-state index contributed by atoms with van der Waals surface area (Å²) in [6.07, 6.45) is 0. The Morgan fingerprint density at radius 3 is 2.43 bits per heavy atom. The van der Waals surface area contributed by atoms with Crippen LogP contribution in [0.2, 0.25) is 0 Å². The van der Waals surface area contributed by atoms with Crippen molar-refractivity contribution in [3.63, 3.8) is 0 Å². The number of carbonyl (C=O) groups excluding carboxylic acids is 2. The van der Waals surface area contributed by atoms with Gasteiger partial charge in [0.1, 0.15) is 11.9 Å². The van der Waals surface area contributed by atoms with E-state index in [0.29, 0.717) is 11.1 Å². The van der Waals surface area contributed by atoms with E-state index < -0.39 is 28.6 Å². The first kappa shape index (κ1) is 21.7. The Morgan fingerprint density at radius 1 is 1.07 bits per heavy atom. The summed E-state index contributed by atoms with van der Waals surface area (Å²) in [5.41, 5.74) is 4.96. The van der Waals surface area contributed by atoms with Crippen molar-refractivity contribution in [1.29, 1.82) is 0 Å². The highest BCUT2D eigenvalue weighted by Crippen LogP contribution is 2.23. The zero-order valence-electron chi connectivity index (χ0n) is 17.6. The van der Waals surface area contributed by atoms with Gasteiger partial charge in [0.15, 0.2) is 6.61 Å². The molecular weight excluding hydrogens is 404 g/mol. The number of hydrogen-bond acceptors (Lipinski definition) is 6. The molecule has 7 nitrogen and oxygen atoms in total. The zero-order chi connectivity index (χ0) is 22.2. The molecule has 2 aromatic carbocycles. The fourth-order valence-electron chi connectivity index (χ4n) is 3.31. The minimum Gasteiger partial charge on any atom is -0.456 e. The lowest BCUT2D eigenvalue weighted by molar-refractivity contribution is -0.143. The van der Waals surface area contributed by atoms with Gasteiger partial charge in [-0.25, -0.2) is 13.2 Å². The maximum atomic E-state index is 12.6. The van der Waals surface area contributed by atoms with Crippen LogP contribution in [0.25, 0.3) is 0 Å². The van der Waals surface area contributed by atoms with Crippen molar-refractivity contribution in [3.05, 3.63) is 63.7 Å². The van der Waals surface area contributed by atoms with Crippen LogP contribution in [0.15, 0.2) is 40.2 Å². The van der Waals surface area contributed by atoms with Crippen molar-refractivity contribution in [2.45, 2.75) is 45.6 Å². The van der Waals surface area contributed by atoms with Crippen LogP contribution in [-0.2, 0) is 19.6 Å². The molecule has 0 amide bonds. The molecule has 3 rings (SSSR count). The van der Waals surface area contributed by atoms with Crippen LogP contribution < -0.4 is 4.72 Å². The largest absolute Gasteiger partial charge is 0.456 e. The third-order valence-corrected chi connectivity index (χ3v) is 6.85. The van der Waals surface area contributed by atoms with Gasteiger partial charge in [0.25, 0.3) is 10.0 Å². The first-order chi connectivity index (χ1) is 14.0. The fraction of sp³-hybridized carbons (Fsp3) is 0.318. The number of amidine groups is 1. The molecule has 0 spiro atoms. The maximum absolute atomic E-state index is 12.6. The van der Waals surface area contributed by atoms with Gasteiger partial charge in [0.05, 0.1) is 4.90 Å². The van der Waals surface area contributed by atoms with Gasteiger partial charge in [-0.05, 0) is 75.1 Å². The number of esters is 1. The Bertz CT molecular complexity index is 1180. The summed E-state index contributed by atoms with van der Waals surface area (Å²) in [5, 5.41) is 0. The Morgan fingerprint density at radius 2 is 1.73 bits per heavy atom. The monoisotopic (exact) mass is 428 g/mol. The number of aliphatic imine (C=N–C) groups is 1. The van der Waals surface area contributed by atoms with E-state index in [4.69, 9.17) is 4.74 Å². The molecule has 0 bridgehead atoms. The number of nitrogens with one attached hydrogen (secondary N) is 1. The summed E-state index contributed by atoms with van der Waals surface area (Å²) in [6.45, 7) is 8.85. The molecule has 0 radical (unpaired) electrons. The molecule has 1 N–H and O–H groups in total. The van der Waals surface area contributed by atoms with Crippen molar-refractivity contribution >= 4 is 27.6 Å². The average molecular weight is 429 g/mol. The van der Waals surface area contributed by atoms with Crippen LogP contribution in [-0.4, -0.2) is 38.7 Å². The quantitative estimate of drug-likeness (QED) is 0.583. The lowest BCUT2D eigenvalue weighted by Gasteiger charge is -2.14. The summed E-state index contributed by atoms with van der Waals surface area (Å²) in [4.78, 5) is 29.2. The zero-order valence-corrected chi connectivity index (χ0v) is 18.4. The molecule has 0 aliphatic carbocycles. The van der Waals surface area contributed by atoms with Gasteiger partial charge in [-0.3, -0.25) is 14.5 Å². The molecule has 0 saturated heterocycles. The van der Waals surface area contributed by atoms with Gasteiger partial charge in [0, 0.05) is 11.1 Å². The number of ether oxygens (including phenoxy) is 1. The normalized spacial score (nSPS) is 16.6. The van der Waals surface area contributed by atoms with E-state index in [0.717, 1.165) is 22.3 Å². The molecule has 2 aromatic rings. The number of sulfonamides is 1. The standard InChI is InChI=1S/C22H24N2O5S/c1-12-10-18(15(4)14(3)13(12)2)19(25)11-29-22(26)16(5)23-21-17-8-6-7-9-20(17)30(27,28)24-21/h6-10,16H,11H2,1-5H3,(H,23,24)/t16-/m1/s1. The summed E-state index contributed by atoms with van der Waals surface area (Å²) in [5.74, 6) is -0.918. The van der Waals surface area contributed by atoms with Gasteiger partial charge in [-0.2, -0.15) is 0 Å². The number of ketones is 1. The second kappa shape index (κ2) is 8.02. The molecule has 0 saturated carbocycles. The van der Waals surface area contributed by atoms with Gasteiger partial charge in [-0.1, -0.05) is 12.1 Å². The maximum Gasteiger partial charge on any atom is 0.331 e. The van der Waals surface area contributed by atoms with Crippen LogP contribution in [0.5, 0.6) is 0 Å². The van der Waals surface area contributed by atoms with E-state index in [-0.39, 0.29) is 16.5 Å². The topological polar surface area (TPSA) is 102 Å². The molecular formula is C22H24N2O5S. The number of carbonyl (C=O) groups is 2. The Hall–Kier alpha value is -3.00. The van der Waals surface area contributed by atoms with Crippen LogP contribution >= 0.6 is 0 Å². The predicted octanol–water partition coefficient (Wildman–Crippen LogP) is 2.77. The summed E-state index contributed by atoms with van der Waals surface area (Å²) >= 11 is 0. The van der Waals surface area contributed by atoms with Crippen LogP contribution in [0.1, 0.15) is 45.1 Å². The lowest BCUT2D eigenvalue weighted by Crippen LogP contribution is -2.27. The summed E-state index contributed by atoms with van der Waals surface area (Å²) < 4.78 is 31.8. The molecule has 8 heteroatoms. The van der Waals surface area contributed by atoms with Crippen molar-refractivity contribution in [2.75, 3.05) is 6.61 Å². The van der Waals surface area contributed by atoms with Crippen LogP contribution in [0.4, 0.5) is 0 Å². The van der Waals surface area contributed by atoms with E-state index in [1.807, 2.05) is 33.8 Å². The number of benzene rings is 2. The van der Waals surface area contributed by atoms with E-state index in [2.05, 4.69) is 9.71 Å². The molecule has 0 fully saturated rings. The van der Waals surface area contributed by atoms with Crippen LogP contribution in [0.3, 0.4) is 0 Å². The lowest BCUT2D eigenvalue weighted by atomic mass is 9.93. The molecule has 1 atom stereocenters. The smallest absolute Gasteiger partial charge is 0.331 e. The van der Waals surface area contributed by atoms with Crippen molar-refractivity contribution in [1.82, 2.24) is 4.72 Å². The minimum absolute atomic E-state index is 0.0852. The highest BCUT2D eigenvalue weighted by molar-refractivity contribution is 7.90. The van der Waals surface area contributed by atoms with Crippen LogP contribution in [0, 0.1) is 27.7 Å². The Kier molecular flexibility index (Phi) is 5.81. The van der Waals surface area contributed by atoms with E-state index in [1.165, 1.54) is 13.0 Å². The number of Topliss-reactive ketones (excluding diaryl/α,β-unsaturated/α-hetero) is 1. The highest BCUT2D eigenvalue weighted by Gasteiger charge is 2.31. The summed E-state index contributed by atoms with van der Waals surface area (Å²) in [6, 6.07) is 7.20.